The molecule has 0 spiro atoms. The maximum Gasteiger partial charge on any atom is 0.230 e. The fourth-order valence-corrected chi connectivity index (χ4v) is 3.18. The third-order valence-electron chi connectivity index (χ3n) is 3.86. The first-order chi connectivity index (χ1) is 11.6. The van der Waals surface area contributed by atoms with E-state index < -0.39 is 0 Å². The molecule has 7 nitrogen and oxygen atoms in total. The number of aryl methyl sites for hydroxylation is 1. The molecule has 1 aliphatic heterocycles. The highest BCUT2D eigenvalue weighted by molar-refractivity contribution is 7.99. The first-order valence-electron chi connectivity index (χ1n) is 7.92. The summed E-state index contributed by atoms with van der Waals surface area (Å²) in [4.78, 5) is 11.9. The zero-order valence-electron chi connectivity index (χ0n) is 13.6. The highest BCUT2D eigenvalue weighted by atomic mass is 32.2. The maximum atomic E-state index is 11.9. The lowest BCUT2D eigenvalue weighted by Crippen LogP contribution is -2.33. The molecule has 1 aliphatic rings. The standard InChI is InChI=1S/C16H21N5O2S/c1-11-4-6-12(7-5-11)15-19-20-16(21(15)17)24-10-14(22)18-9-13-3-2-8-23-13/h4-7,13H,2-3,8-10,17H2,1H3,(H,18,22)/t13-/m0/s1. The van der Waals surface area contributed by atoms with Crippen LogP contribution in [-0.4, -0.2) is 45.8 Å². The Balaban J connectivity index is 1.54. The molecule has 128 valence electrons. The summed E-state index contributed by atoms with van der Waals surface area (Å²) >= 11 is 1.27. The van der Waals surface area contributed by atoms with E-state index in [9.17, 15) is 4.79 Å². The molecule has 1 amide bonds. The molecule has 1 saturated heterocycles. The van der Waals surface area contributed by atoms with E-state index in [1.165, 1.54) is 22.0 Å². The summed E-state index contributed by atoms with van der Waals surface area (Å²) in [6.45, 7) is 3.37. The van der Waals surface area contributed by atoms with Crippen molar-refractivity contribution >= 4 is 17.7 Å². The van der Waals surface area contributed by atoms with Gasteiger partial charge in [0.05, 0.1) is 11.9 Å². The van der Waals surface area contributed by atoms with E-state index in [4.69, 9.17) is 10.6 Å². The largest absolute Gasteiger partial charge is 0.376 e. The van der Waals surface area contributed by atoms with E-state index in [1.807, 2.05) is 31.2 Å². The van der Waals surface area contributed by atoms with Crippen LogP contribution in [0.25, 0.3) is 11.4 Å². The Kier molecular flexibility index (Phi) is 5.37. The molecule has 1 aromatic carbocycles. The van der Waals surface area contributed by atoms with E-state index in [0.717, 1.165) is 25.0 Å². The van der Waals surface area contributed by atoms with Crippen molar-refractivity contribution in [2.24, 2.45) is 0 Å². The van der Waals surface area contributed by atoms with Crippen molar-refractivity contribution in [2.75, 3.05) is 24.7 Å². The molecule has 3 rings (SSSR count). The maximum absolute atomic E-state index is 11.9. The quantitative estimate of drug-likeness (QED) is 0.605. The number of thioether (sulfide) groups is 1. The number of nitrogens with zero attached hydrogens (tertiary/aromatic N) is 3. The topological polar surface area (TPSA) is 95.1 Å². The van der Waals surface area contributed by atoms with Crippen LogP contribution < -0.4 is 11.2 Å². The van der Waals surface area contributed by atoms with Crippen LogP contribution in [-0.2, 0) is 9.53 Å². The number of benzene rings is 1. The number of ether oxygens (including phenoxy) is 1. The number of nitrogens with one attached hydrogen (secondary N) is 1. The van der Waals surface area contributed by atoms with Crippen molar-refractivity contribution < 1.29 is 9.53 Å². The van der Waals surface area contributed by atoms with Crippen LogP contribution in [0.2, 0.25) is 0 Å². The van der Waals surface area contributed by atoms with Crippen LogP contribution in [0.1, 0.15) is 18.4 Å². The van der Waals surface area contributed by atoms with Crippen LogP contribution in [0.4, 0.5) is 0 Å². The first-order valence-corrected chi connectivity index (χ1v) is 8.90. The molecule has 2 heterocycles. The lowest BCUT2D eigenvalue weighted by atomic mass is 10.1. The van der Waals surface area contributed by atoms with Crippen molar-refractivity contribution in [1.82, 2.24) is 20.2 Å². The number of hydrogen-bond acceptors (Lipinski definition) is 6. The fraction of sp³-hybridized carbons (Fsp3) is 0.438. The Morgan fingerprint density at radius 2 is 2.21 bits per heavy atom. The van der Waals surface area contributed by atoms with Gasteiger partial charge >= 0.3 is 0 Å². The van der Waals surface area contributed by atoms with Gasteiger partial charge in [-0.05, 0) is 19.8 Å². The smallest absolute Gasteiger partial charge is 0.230 e. The Bertz CT molecular complexity index is 695. The molecular formula is C16H21N5O2S. The van der Waals surface area contributed by atoms with Gasteiger partial charge in [-0.3, -0.25) is 4.79 Å². The molecule has 2 aromatic rings. The van der Waals surface area contributed by atoms with Crippen LogP contribution in [0.5, 0.6) is 0 Å². The summed E-state index contributed by atoms with van der Waals surface area (Å²) in [5, 5.41) is 11.6. The monoisotopic (exact) mass is 347 g/mol. The number of nitrogens with two attached hydrogens (primary N) is 1. The average Bonchev–Trinajstić information content (AvgIpc) is 3.22. The molecule has 1 aromatic heterocycles. The SMILES string of the molecule is Cc1ccc(-c2nnc(SCC(=O)NC[C@@H]3CCCO3)n2N)cc1. The molecular weight excluding hydrogens is 326 g/mol. The van der Waals surface area contributed by atoms with Gasteiger partial charge in [-0.1, -0.05) is 41.6 Å². The second-order valence-electron chi connectivity index (χ2n) is 5.77. The van der Waals surface area contributed by atoms with Crippen molar-refractivity contribution in [1.29, 1.82) is 0 Å². The van der Waals surface area contributed by atoms with E-state index in [-0.39, 0.29) is 17.8 Å². The minimum absolute atomic E-state index is 0.0598. The van der Waals surface area contributed by atoms with Crippen molar-refractivity contribution in [3.8, 4) is 11.4 Å². The Morgan fingerprint density at radius 1 is 1.42 bits per heavy atom. The van der Waals surface area contributed by atoms with Gasteiger partial charge in [-0.15, -0.1) is 10.2 Å². The van der Waals surface area contributed by atoms with E-state index in [0.29, 0.717) is 17.5 Å². The van der Waals surface area contributed by atoms with Gasteiger partial charge in [-0.25, -0.2) is 4.68 Å². The zero-order chi connectivity index (χ0) is 16.9. The number of nitrogen functional groups attached to an aromatic ring is 1. The van der Waals surface area contributed by atoms with Crippen molar-refractivity contribution in [2.45, 2.75) is 31.0 Å². The van der Waals surface area contributed by atoms with Crippen LogP contribution in [0.15, 0.2) is 29.4 Å². The van der Waals surface area contributed by atoms with E-state index in [2.05, 4.69) is 15.5 Å². The molecule has 1 atom stereocenters. The Labute approximate surface area is 144 Å². The second-order valence-corrected chi connectivity index (χ2v) is 6.71. The van der Waals surface area contributed by atoms with Crippen molar-refractivity contribution in [3.05, 3.63) is 29.8 Å². The molecule has 0 unspecified atom stereocenters. The number of carbonyl (C=O) groups excluding carboxylic acids is 1. The lowest BCUT2D eigenvalue weighted by Gasteiger charge is -2.10. The Hall–Kier alpha value is -2.06. The minimum Gasteiger partial charge on any atom is -0.376 e. The van der Waals surface area contributed by atoms with Gasteiger partial charge in [0.25, 0.3) is 0 Å². The molecule has 1 fully saturated rings. The van der Waals surface area contributed by atoms with E-state index in [1.54, 1.807) is 0 Å². The van der Waals surface area contributed by atoms with Gasteiger partial charge in [0.2, 0.25) is 11.1 Å². The van der Waals surface area contributed by atoms with Crippen LogP contribution >= 0.6 is 11.8 Å². The summed E-state index contributed by atoms with van der Waals surface area (Å²) in [5.74, 6) is 6.82. The second kappa shape index (κ2) is 7.67. The molecule has 0 bridgehead atoms. The van der Waals surface area contributed by atoms with Gasteiger partial charge < -0.3 is 15.9 Å². The third kappa shape index (κ3) is 4.07. The van der Waals surface area contributed by atoms with Gasteiger partial charge in [0.1, 0.15) is 0 Å². The van der Waals surface area contributed by atoms with Gasteiger partial charge in [-0.2, -0.15) is 0 Å². The predicted octanol–water partition coefficient (Wildman–Crippen LogP) is 1.35. The molecule has 3 N–H and O–H groups in total. The third-order valence-corrected chi connectivity index (χ3v) is 4.80. The number of hydrogen-bond donors (Lipinski definition) is 2. The zero-order valence-corrected chi connectivity index (χ0v) is 14.4. The molecule has 0 radical (unpaired) electrons. The minimum atomic E-state index is -0.0598. The highest BCUT2D eigenvalue weighted by Crippen LogP contribution is 2.21. The number of carbonyl (C=O) groups is 1. The Morgan fingerprint density at radius 3 is 2.92 bits per heavy atom. The number of aromatic nitrogens is 3. The molecule has 0 saturated carbocycles. The normalized spacial score (nSPS) is 17.1. The molecule has 24 heavy (non-hydrogen) atoms. The highest BCUT2D eigenvalue weighted by Gasteiger charge is 2.17. The van der Waals surface area contributed by atoms with Crippen molar-refractivity contribution in [3.63, 3.8) is 0 Å². The predicted molar refractivity (Wildman–Crippen MR) is 93.1 cm³/mol. The summed E-state index contributed by atoms with van der Waals surface area (Å²) in [5.41, 5.74) is 2.06. The fourth-order valence-electron chi connectivity index (χ4n) is 2.49. The van der Waals surface area contributed by atoms with Gasteiger partial charge in [0, 0.05) is 18.7 Å². The first kappa shape index (κ1) is 16.8. The lowest BCUT2D eigenvalue weighted by molar-refractivity contribution is -0.119. The van der Waals surface area contributed by atoms with Crippen LogP contribution in [0, 0.1) is 6.92 Å². The molecule has 8 heteroatoms. The summed E-state index contributed by atoms with van der Waals surface area (Å²) < 4.78 is 6.90. The van der Waals surface area contributed by atoms with E-state index >= 15 is 0 Å². The number of amides is 1. The number of rotatable bonds is 6. The van der Waals surface area contributed by atoms with Crippen LogP contribution in [0.3, 0.4) is 0 Å². The average molecular weight is 347 g/mol. The summed E-state index contributed by atoms with van der Waals surface area (Å²) in [6.07, 6.45) is 2.21. The summed E-state index contributed by atoms with van der Waals surface area (Å²) in [6, 6.07) is 7.89. The summed E-state index contributed by atoms with van der Waals surface area (Å²) in [7, 11) is 0. The molecule has 0 aliphatic carbocycles. The van der Waals surface area contributed by atoms with Gasteiger partial charge in [0.15, 0.2) is 5.82 Å².